The number of nitrogens with two attached hydrogens (primary N) is 1. The molecule has 0 radical (unpaired) electrons. The molecule has 3 N–H and O–H groups in total. The topological polar surface area (TPSA) is 84.4 Å². The second-order valence-electron chi connectivity index (χ2n) is 5.29. The fourth-order valence-electron chi connectivity index (χ4n) is 2.63. The molecule has 1 saturated heterocycles. The maximum Gasteiger partial charge on any atom is 0.271 e. The highest BCUT2D eigenvalue weighted by molar-refractivity contribution is 5.69. The average Bonchev–Trinajstić information content (AvgIpc) is 2.43. The molecule has 110 valence electrons. The SMILES string of the molecule is CCCN1CCC(Nc2ccc([N+](=O)[O-])cc2N)CC1. The van der Waals surface area contributed by atoms with Crippen molar-refractivity contribution >= 4 is 17.1 Å². The monoisotopic (exact) mass is 278 g/mol. The van der Waals surface area contributed by atoms with Crippen molar-refractivity contribution in [3.8, 4) is 0 Å². The van der Waals surface area contributed by atoms with Crippen molar-refractivity contribution in [1.29, 1.82) is 0 Å². The number of hydrogen-bond acceptors (Lipinski definition) is 5. The molecule has 0 spiro atoms. The van der Waals surface area contributed by atoms with Gasteiger partial charge in [0.05, 0.1) is 16.3 Å². The molecular formula is C14H22N4O2. The van der Waals surface area contributed by atoms with E-state index in [1.807, 2.05) is 0 Å². The molecule has 1 fully saturated rings. The lowest BCUT2D eigenvalue weighted by Gasteiger charge is -2.32. The highest BCUT2D eigenvalue weighted by atomic mass is 16.6. The first-order valence-electron chi connectivity index (χ1n) is 7.13. The summed E-state index contributed by atoms with van der Waals surface area (Å²) in [4.78, 5) is 12.7. The van der Waals surface area contributed by atoms with E-state index in [4.69, 9.17) is 5.73 Å². The van der Waals surface area contributed by atoms with E-state index in [1.54, 1.807) is 6.07 Å². The average molecular weight is 278 g/mol. The summed E-state index contributed by atoms with van der Waals surface area (Å²) in [5.41, 5.74) is 7.14. The zero-order chi connectivity index (χ0) is 14.5. The number of likely N-dealkylation sites (tertiary alicyclic amines) is 1. The summed E-state index contributed by atoms with van der Waals surface area (Å²) in [6.45, 7) is 5.55. The quantitative estimate of drug-likeness (QED) is 0.491. The molecule has 1 aliphatic heterocycles. The molecule has 1 heterocycles. The van der Waals surface area contributed by atoms with Gasteiger partial charge in [-0.25, -0.2) is 0 Å². The van der Waals surface area contributed by atoms with Crippen LogP contribution in [-0.2, 0) is 0 Å². The van der Waals surface area contributed by atoms with E-state index < -0.39 is 4.92 Å². The minimum Gasteiger partial charge on any atom is -0.397 e. The molecular weight excluding hydrogens is 256 g/mol. The number of benzene rings is 1. The summed E-state index contributed by atoms with van der Waals surface area (Å²) >= 11 is 0. The predicted molar refractivity (Wildman–Crippen MR) is 80.9 cm³/mol. The number of piperidine rings is 1. The van der Waals surface area contributed by atoms with Crippen molar-refractivity contribution in [2.24, 2.45) is 0 Å². The predicted octanol–water partition coefficient (Wildman–Crippen LogP) is 2.46. The number of nitrogens with zero attached hydrogens (tertiary/aromatic N) is 2. The van der Waals surface area contributed by atoms with Crippen molar-refractivity contribution < 1.29 is 4.92 Å². The van der Waals surface area contributed by atoms with E-state index in [2.05, 4.69) is 17.1 Å². The van der Waals surface area contributed by atoms with Crippen LogP contribution in [0, 0.1) is 10.1 Å². The summed E-state index contributed by atoms with van der Waals surface area (Å²) < 4.78 is 0. The molecule has 0 atom stereocenters. The highest BCUT2D eigenvalue weighted by Gasteiger charge is 2.19. The lowest BCUT2D eigenvalue weighted by molar-refractivity contribution is -0.384. The first kappa shape index (κ1) is 14.6. The van der Waals surface area contributed by atoms with Gasteiger partial charge in [-0.05, 0) is 31.9 Å². The van der Waals surface area contributed by atoms with Gasteiger partial charge in [-0.3, -0.25) is 10.1 Å². The molecule has 6 nitrogen and oxygen atoms in total. The number of nitro benzene ring substituents is 1. The van der Waals surface area contributed by atoms with Gasteiger partial charge >= 0.3 is 0 Å². The molecule has 0 aromatic heterocycles. The molecule has 1 aliphatic rings. The van der Waals surface area contributed by atoms with Crippen molar-refractivity contribution in [2.45, 2.75) is 32.2 Å². The third-order valence-electron chi connectivity index (χ3n) is 3.73. The Bertz CT molecular complexity index is 470. The first-order chi connectivity index (χ1) is 9.60. The molecule has 0 aliphatic carbocycles. The van der Waals surface area contributed by atoms with Crippen LogP contribution >= 0.6 is 0 Å². The van der Waals surface area contributed by atoms with Crippen LogP contribution in [0.5, 0.6) is 0 Å². The van der Waals surface area contributed by atoms with Gasteiger partial charge < -0.3 is 16.0 Å². The van der Waals surface area contributed by atoms with E-state index in [-0.39, 0.29) is 5.69 Å². The van der Waals surface area contributed by atoms with Crippen molar-refractivity contribution in [2.75, 3.05) is 30.7 Å². The second-order valence-corrected chi connectivity index (χ2v) is 5.29. The first-order valence-corrected chi connectivity index (χ1v) is 7.13. The van der Waals surface area contributed by atoms with Gasteiger partial charge in [0.25, 0.3) is 5.69 Å². The Morgan fingerprint density at radius 3 is 2.70 bits per heavy atom. The zero-order valence-corrected chi connectivity index (χ0v) is 11.8. The van der Waals surface area contributed by atoms with Crippen LogP contribution < -0.4 is 11.1 Å². The fourth-order valence-corrected chi connectivity index (χ4v) is 2.63. The van der Waals surface area contributed by atoms with Crippen LogP contribution in [0.3, 0.4) is 0 Å². The molecule has 2 rings (SSSR count). The Morgan fingerprint density at radius 2 is 2.15 bits per heavy atom. The zero-order valence-electron chi connectivity index (χ0n) is 11.8. The third kappa shape index (κ3) is 3.60. The lowest BCUT2D eigenvalue weighted by Crippen LogP contribution is -2.39. The van der Waals surface area contributed by atoms with Crippen LogP contribution in [0.15, 0.2) is 18.2 Å². The number of nitrogen functional groups attached to an aromatic ring is 1. The number of rotatable bonds is 5. The fraction of sp³-hybridized carbons (Fsp3) is 0.571. The van der Waals surface area contributed by atoms with E-state index in [0.717, 1.165) is 38.2 Å². The molecule has 6 heteroatoms. The van der Waals surface area contributed by atoms with E-state index in [9.17, 15) is 10.1 Å². The van der Waals surface area contributed by atoms with Gasteiger partial charge in [-0.2, -0.15) is 0 Å². The Hall–Kier alpha value is -1.82. The maximum atomic E-state index is 10.7. The standard InChI is InChI=1S/C14H22N4O2/c1-2-7-17-8-5-11(6-9-17)16-14-4-3-12(18(19)20)10-13(14)15/h3-4,10-11,16H,2,5-9,15H2,1H3. The Morgan fingerprint density at radius 1 is 1.45 bits per heavy atom. The van der Waals surface area contributed by atoms with Crippen LogP contribution in [0.2, 0.25) is 0 Å². The minimum atomic E-state index is -0.427. The van der Waals surface area contributed by atoms with Gasteiger partial charge in [-0.1, -0.05) is 6.92 Å². The van der Waals surface area contributed by atoms with Crippen LogP contribution in [0.4, 0.5) is 17.1 Å². The van der Waals surface area contributed by atoms with Gasteiger partial charge in [-0.15, -0.1) is 0 Å². The third-order valence-corrected chi connectivity index (χ3v) is 3.73. The van der Waals surface area contributed by atoms with Crippen LogP contribution in [0.1, 0.15) is 26.2 Å². The summed E-state index contributed by atoms with van der Waals surface area (Å²) in [5.74, 6) is 0. The Kier molecular flexibility index (Phi) is 4.79. The number of nitrogens with one attached hydrogen (secondary N) is 1. The number of nitro groups is 1. The highest BCUT2D eigenvalue weighted by Crippen LogP contribution is 2.26. The summed E-state index contributed by atoms with van der Waals surface area (Å²) in [5, 5.41) is 14.1. The van der Waals surface area contributed by atoms with Crippen molar-refractivity contribution in [3.05, 3.63) is 28.3 Å². The van der Waals surface area contributed by atoms with Crippen LogP contribution in [0.25, 0.3) is 0 Å². The van der Waals surface area contributed by atoms with E-state index in [1.165, 1.54) is 18.6 Å². The van der Waals surface area contributed by atoms with E-state index >= 15 is 0 Å². The molecule has 0 unspecified atom stereocenters. The molecule has 20 heavy (non-hydrogen) atoms. The second kappa shape index (κ2) is 6.56. The molecule has 0 amide bonds. The maximum absolute atomic E-state index is 10.7. The van der Waals surface area contributed by atoms with Crippen LogP contribution in [-0.4, -0.2) is 35.5 Å². The summed E-state index contributed by atoms with van der Waals surface area (Å²) in [6, 6.07) is 5.00. The normalized spacial score (nSPS) is 17.1. The molecule has 1 aromatic carbocycles. The Balaban J connectivity index is 1.93. The van der Waals surface area contributed by atoms with Gasteiger partial charge in [0.1, 0.15) is 0 Å². The lowest BCUT2D eigenvalue weighted by atomic mass is 10.0. The number of non-ortho nitro benzene ring substituents is 1. The van der Waals surface area contributed by atoms with Gasteiger partial charge in [0.15, 0.2) is 0 Å². The number of anilines is 2. The van der Waals surface area contributed by atoms with Gasteiger partial charge in [0, 0.05) is 31.3 Å². The van der Waals surface area contributed by atoms with Crippen molar-refractivity contribution in [3.63, 3.8) is 0 Å². The molecule has 0 bridgehead atoms. The minimum absolute atomic E-state index is 0.0332. The van der Waals surface area contributed by atoms with E-state index in [0.29, 0.717) is 11.7 Å². The smallest absolute Gasteiger partial charge is 0.271 e. The Labute approximate surface area is 119 Å². The molecule has 0 saturated carbocycles. The summed E-state index contributed by atoms with van der Waals surface area (Å²) in [7, 11) is 0. The largest absolute Gasteiger partial charge is 0.397 e. The number of hydrogen-bond donors (Lipinski definition) is 2. The van der Waals surface area contributed by atoms with Crippen molar-refractivity contribution in [1.82, 2.24) is 4.90 Å². The summed E-state index contributed by atoms with van der Waals surface area (Å²) in [6.07, 6.45) is 3.35. The molecule has 1 aromatic rings. The van der Waals surface area contributed by atoms with Gasteiger partial charge in [0.2, 0.25) is 0 Å².